The number of amides is 2. The second kappa shape index (κ2) is 8.00. The van der Waals surface area contributed by atoms with Crippen LogP contribution >= 0.6 is 0 Å². The zero-order valence-electron chi connectivity index (χ0n) is 16.8. The Labute approximate surface area is 181 Å². The topological polar surface area (TPSA) is 97.5 Å². The smallest absolute Gasteiger partial charge is 0.240 e. The maximum Gasteiger partial charge on any atom is 0.240 e. The highest BCUT2D eigenvalue weighted by Crippen LogP contribution is 2.39. The van der Waals surface area contributed by atoms with E-state index in [0.29, 0.717) is 28.1 Å². The number of para-hydroxylation sites is 1. The molecule has 0 spiro atoms. The summed E-state index contributed by atoms with van der Waals surface area (Å²) in [6.07, 6.45) is 4.04. The average molecular weight is 433 g/mol. The lowest BCUT2D eigenvalue weighted by atomic mass is 9.93. The summed E-state index contributed by atoms with van der Waals surface area (Å²) in [7, 11) is -3.40. The Hall–Kier alpha value is -3.45. The van der Waals surface area contributed by atoms with Crippen molar-refractivity contribution in [3.8, 4) is 11.1 Å². The minimum Gasteiger partial charge on any atom is -0.369 e. The fraction of sp³-hybridized carbons (Fsp3) is 0.125. The quantitative estimate of drug-likeness (QED) is 0.682. The second-order valence-corrected chi connectivity index (χ2v) is 9.33. The number of primary amides is 1. The molecule has 7 heteroatoms. The number of nitrogens with two attached hydrogens (primary N) is 1. The van der Waals surface area contributed by atoms with Crippen LogP contribution in [-0.4, -0.2) is 26.5 Å². The summed E-state index contributed by atoms with van der Waals surface area (Å²) in [4.78, 5) is 26.5. The lowest BCUT2D eigenvalue weighted by Gasteiger charge is -2.24. The molecule has 3 aromatic carbocycles. The van der Waals surface area contributed by atoms with Crippen molar-refractivity contribution in [1.29, 1.82) is 0 Å². The van der Waals surface area contributed by atoms with Gasteiger partial charge in [0.1, 0.15) is 0 Å². The Kier molecular flexibility index (Phi) is 5.37. The van der Waals surface area contributed by atoms with Crippen LogP contribution in [0.3, 0.4) is 0 Å². The van der Waals surface area contributed by atoms with E-state index in [9.17, 15) is 18.0 Å². The van der Waals surface area contributed by atoms with Gasteiger partial charge in [-0.2, -0.15) is 0 Å². The highest BCUT2D eigenvalue weighted by molar-refractivity contribution is 7.90. The van der Waals surface area contributed by atoms with Crippen molar-refractivity contribution in [3.63, 3.8) is 0 Å². The summed E-state index contributed by atoms with van der Waals surface area (Å²) in [6.45, 7) is 0. The molecule has 156 valence electrons. The molecule has 0 fully saturated rings. The van der Waals surface area contributed by atoms with Gasteiger partial charge in [-0.15, -0.1) is 0 Å². The lowest BCUT2D eigenvalue weighted by Crippen LogP contribution is -2.25. The number of carbonyl (C=O) groups is 2. The van der Waals surface area contributed by atoms with Gasteiger partial charge < -0.3 is 5.73 Å². The first-order valence-electron chi connectivity index (χ1n) is 9.63. The average Bonchev–Trinajstić information content (AvgIpc) is 2.89. The maximum absolute atomic E-state index is 12.9. The number of anilines is 2. The molecule has 0 bridgehead atoms. The van der Waals surface area contributed by atoms with Gasteiger partial charge in [-0.3, -0.25) is 14.5 Å². The molecule has 3 aromatic rings. The van der Waals surface area contributed by atoms with Gasteiger partial charge in [0.05, 0.1) is 22.9 Å². The molecule has 1 unspecified atom stereocenters. The van der Waals surface area contributed by atoms with Crippen molar-refractivity contribution in [2.24, 2.45) is 5.73 Å². The molecular weight excluding hydrogens is 412 g/mol. The molecule has 4 rings (SSSR count). The van der Waals surface area contributed by atoms with E-state index in [0.717, 1.165) is 0 Å². The number of sulfone groups is 1. The van der Waals surface area contributed by atoms with Gasteiger partial charge in [0.15, 0.2) is 9.84 Å². The molecule has 2 radical (unpaired) electrons. The highest BCUT2D eigenvalue weighted by atomic mass is 32.2. The predicted molar refractivity (Wildman–Crippen MR) is 118 cm³/mol. The molecule has 0 aliphatic carbocycles. The zero-order chi connectivity index (χ0) is 22.2. The molecule has 1 aliphatic rings. The molecule has 6 nitrogen and oxygen atoms in total. The number of hydrogen-bond donors (Lipinski definition) is 1. The molecule has 31 heavy (non-hydrogen) atoms. The van der Waals surface area contributed by atoms with Crippen LogP contribution in [0.5, 0.6) is 0 Å². The van der Waals surface area contributed by atoms with Crippen molar-refractivity contribution in [2.75, 3.05) is 11.2 Å². The Morgan fingerprint density at radius 3 is 2.32 bits per heavy atom. The van der Waals surface area contributed by atoms with Crippen LogP contribution in [0.1, 0.15) is 17.9 Å². The zero-order valence-corrected chi connectivity index (χ0v) is 17.6. The molecule has 1 heterocycles. The van der Waals surface area contributed by atoms with Crippen LogP contribution in [-0.2, 0) is 19.4 Å². The van der Waals surface area contributed by atoms with E-state index in [-0.39, 0.29) is 17.2 Å². The monoisotopic (exact) mass is 432 g/mol. The fourth-order valence-electron chi connectivity index (χ4n) is 3.80. The summed E-state index contributed by atoms with van der Waals surface area (Å²) < 4.78 is 24.3. The van der Waals surface area contributed by atoms with Crippen molar-refractivity contribution in [1.82, 2.24) is 0 Å². The van der Waals surface area contributed by atoms with E-state index in [1.807, 2.05) is 0 Å². The Morgan fingerprint density at radius 1 is 1.00 bits per heavy atom. The third kappa shape index (κ3) is 3.96. The SMILES string of the molecule is CS(=O)(=O)c1ccccc1-c1ccc(N2C(=O)[C]CC(C(N)=O)c3ccccc32)cc1. The fourth-order valence-corrected chi connectivity index (χ4v) is 4.71. The van der Waals surface area contributed by atoms with Crippen molar-refractivity contribution in [3.05, 3.63) is 84.8 Å². The van der Waals surface area contributed by atoms with E-state index < -0.39 is 21.7 Å². The van der Waals surface area contributed by atoms with E-state index >= 15 is 0 Å². The van der Waals surface area contributed by atoms with Crippen molar-refractivity contribution in [2.45, 2.75) is 17.2 Å². The van der Waals surface area contributed by atoms with Crippen molar-refractivity contribution >= 4 is 33.0 Å². The largest absolute Gasteiger partial charge is 0.369 e. The van der Waals surface area contributed by atoms with Gasteiger partial charge in [-0.1, -0.05) is 48.5 Å². The van der Waals surface area contributed by atoms with E-state index in [4.69, 9.17) is 5.73 Å². The summed E-state index contributed by atoms with van der Waals surface area (Å²) >= 11 is 0. The van der Waals surface area contributed by atoms with Gasteiger partial charge in [-0.25, -0.2) is 8.42 Å². The number of carbonyl (C=O) groups excluding carboxylic acids is 2. The minimum absolute atomic E-state index is 0.113. The van der Waals surface area contributed by atoms with E-state index in [1.54, 1.807) is 72.8 Å². The molecule has 0 saturated carbocycles. The van der Waals surface area contributed by atoms with Gasteiger partial charge in [0.2, 0.25) is 11.8 Å². The number of hydrogen-bond acceptors (Lipinski definition) is 4. The van der Waals surface area contributed by atoms with Crippen LogP contribution in [0.4, 0.5) is 11.4 Å². The number of nitrogens with zero attached hydrogens (tertiary/aromatic N) is 1. The normalized spacial score (nSPS) is 16.5. The lowest BCUT2D eigenvalue weighted by molar-refractivity contribution is -0.119. The standard InChI is InChI=1S/C24H20N2O4S/c1-31(29,30)22-9-5-3-6-18(22)16-10-12-17(13-11-16)26-21-8-4-2-7-19(21)20(24(25)28)14-15-23(26)27/h2-13,20H,14H2,1H3,(H2,25,28). The summed E-state index contributed by atoms with van der Waals surface area (Å²) in [5.74, 6) is -1.52. The minimum atomic E-state index is -3.40. The van der Waals surface area contributed by atoms with Gasteiger partial charge in [-0.05, 0) is 41.8 Å². The predicted octanol–water partition coefficient (Wildman–Crippen LogP) is 3.48. The Bertz CT molecular complexity index is 1270. The van der Waals surface area contributed by atoms with E-state index in [2.05, 4.69) is 6.42 Å². The Morgan fingerprint density at radius 2 is 1.65 bits per heavy atom. The van der Waals surface area contributed by atoms with Gasteiger partial charge in [0, 0.05) is 17.5 Å². The summed E-state index contributed by atoms with van der Waals surface area (Å²) in [5.41, 5.74) is 8.68. The first kappa shape index (κ1) is 20.8. The van der Waals surface area contributed by atoms with Crippen LogP contribution in [0, 0.1) is 6.42 Å². The van der Waals surface area contributed by atoms with Crippen LogP contribution in [0.25, 0.3) is 11.1 Å². The first-order valence-corrected chi connectivity index (χ1v) is 11.5. The molecule has 2 N–H and O–H groups in total. The maximum atomic E-state index is 12.9. The van der Waals surface area contributed by atoms with Crippen LogP contribution in [0.2, 0.25) is 0 Å². The highest BCUT2D eigenvalue weighted by Gasteiger charge is 2.32. The first-order chi connectivity index (χ1) is 14.8. The third-order valence-corrected chi connectivity index (χ3v) is 6.43. The molecule has 1 aliphatic heterocycles. The summed E-state index contributed by atoms with van der Waals surface area (Å²) in [5, 5.41) is 0. The number of fused-ring (bicyclic) bond motifs is 1. The molecular formula is C24H20N2O4S. The molecule has 1 atom stereocenters. The molecule has 2 amide bonds. The number of benzene rings is 3. The van der Waals surface area contributed by atoms with E-state index in [1.165, 1.54) is 11.2 Å². The third-order valence-electron chi connectivity index (χ3n) is 5.28. The molecule has 0 saturated heterocycles. The van der Waals surface area contributed by atoms with Gasteiger partial charge in [0.25, 0.3) is 0 Å². The Balaban J connectivity index is 1.78. The second-order valence-electron chi connectivity index (χ2n) is 7.35. The number of rotatable bonds is 4. The van der Waals surface area contributed by atoms with Crippen LogP contribution in [0.15, 0.2) is 77.7 Å². The summed E-state index contributed by atoms with van der Waals surface area (Å²) in [6, 6.07) is 21.0. The van der Waals surface area contributed by atoms with Crippen molar-refractivity contribution < 1.29 is 18.0 Å². The van der Waals surface area contributed by atoms with Gasteiger partial charge >= 0.3 is 0 Å². The molecule has 0 aromatic heterocycles. The van der Waals surface area contributed by atoms with Crippen LogP contribution < -0.4 is 10.6 Å².